The molecule has 3 N–H and O–H groups in total. The molecular weight excluding hydrogens is 306 g/mol. The molecule has 122 valence electrons. The number of alkyl carbamates (subject to hydrolysis) is 1. The Balaban J connectivity index is 2.48. The Hall–Kier alpha value is -1.95. The van der Waals surface area contributed by atoms with Crippen molar-refractivity contribution in [1.29, 1.82) is 0 Å². The Morgan fingerprint density at radius 2 is 1.91 bits per heavy atom. The van der Waals surface area contributed by atoms with Gasteiger partial charge in [0.15, 0.2) is 0 Å². The summed E-state index contributed by atoms with van der Waals surface area (Å²) < 4.78 is 5.12. The number of nitrogens with one attached hydrogen (secondary N) is 3. The zero-order valence-corrected chi connectivity index (χ0v) is 14.0. The van der Waals surface area contributed by atoms with Gasteiger partial charge in [-0.1, -0.05) is 11.6 Å². The summed E-state index contributed by atoms with van der Waals surface area (Å²) in [7, 11) is 1.56. The summed E-state index contributed by atoms with van der Waals surface area (Å²) in [5.74, 6) is -0.188. The maximum Gasteiger partial charge on any atom is 0.407 e. The predicted molar refractivity (Wildman–Crippen MR) is 87.6 cm³/mol. The van der Waals surface area contributed by atoms with Crippen LogP contribution in [-0.4, -0.2) is 37.7 Å². The molecule has 1 aromatic rings. The lowest BCUT2D eigenvalue weighted by molar-refractivity contribution is 0.0530. The van der Waals surface area contributed by atoms with Crippen LogP contribution in [0.2, 0.25) is 5.02 Å². The Bertz CT molecular complexity index is 541. The summed E-state index contributed by atoms with van der Waals surface area (Å²) in [6, 6.07) is 4.95. The normalized spacial score (nSPS) is 10.8. The molecule has 0 saturated heterocycles. The van der Waals surface area contributed by atoms with Crippen LogP contribution in [0.1, 0.15) is 31.1 Å². The van der Waals surface area contributed by atoms with Gasteiger partial charge in [-0.25, -0.2) is 4.79 Å². The number of anilines is 1. The fraction of sp³-hybridized carbons (Fsp3) is 0.467. The van der Waals surface area contributed by atoms with Crippen LogP contribution in [0.4, 0.5) is 10.5 Å². The molecule has 0 radical (unpaired) electrons. The minimum Gasteiger partial charge on any atom is -0.444 e. The van der Waals surface area contributed by atoms with Gasteiger partial charge in [-0.3, -0.25) is 4.79 Å². The molecule has 6 nitrogen and oxygen atoms in total. The number of ether oxygens (including phenoxy) is 1. The van der Waals surface area contributed by atoms with Crippen LogP contribution in [0, 0.1) is 0 Å². The second-order valence-corrected chi connectivity index (χ2v) is 6.04. The Morgan fingerprint density at radius 1 is 1.23 bits per heavy atom. The summed E-state index contributed by atoms with van der Waals surface area (Å²) in [5.41, 5.74) is 0.617. The maximum absolute atomic E-state index is 11.6. The van der Waals surface area contributed by atoms with Crippen molar-refractivity contribution in [3.8, 4) is 0 Å². The summed E-state index contributed by atoms with van der Waals surface area (Å²) in [6.07, 6.45) is -0.473. The van der Waals surface area contributed by atoms with Crippen molar-refractivity contribution in [2.45, 2.75) is 26.4 Å². The zero-order valence-electron chi connectivity index (χ0n) is 13.2. The summed E-state index contributed by atoms with van der Waals surface area (Å²) in [4.78, 5) is 23.1. The fourth-order valence-electron chi connectivity index (χ4n) is 1.62. The minimum absolute atomic E-state index is 0.188. The minimum atomic E-state index is -0.525. The number of halogens is 1. The number of carbonyl (C=O) groups is 2. The monoisotopic (exact) mass is 327 g/mol. The van der Waals surface area contributed by atoms with E-state index >= 15 is 0 Å². The molecule has 0 aliphatic rings. The lowest BCUT2D eigenvalue weighted by Gasteiger charge is -2.19. The van der Waals surface area contributed by atoms with Crippen molar-refractivity contribution in [3.63, 3.8) is 0 Å². The van der Waals surface area contributed by atoms with E-state index in [0.29, 0.717) is 29.4 Å². The number of benzene rings is 1. The van der Waals surface area contributed by atoms with E-state index in [1.165, 1.54) is 0 Å². The van der Waals surface area contributed by atoms with Gasteiger partial charge in [0, 0.05) is 25.7 Å². The van der Waals surface area contributed by atoms with Gasteiger partial charge < -0.3 is 20.7 Å². The molecule has 0 heterocycles. The average molecular weight is 328 g/mol. The third-order valence-electron chi connectivity index (χ3n) is 2.56. The third-order valence-corrected chi connectivity index (χ3v) is 2.89. The first-order valence-electron chi connectivity index (χ1n) is 6.95. The van der Waals surface area contributed by atoms with Crippen molar-refractivity contribution in [1.82, 2.24) is 10.6 Å². The van der Waals surface area contributed by atoms with Crippen molar-refractivity contribution in [2.75, 3.05) is 25.5 Å². The van der Waals surface area contributed by atoms with E-state index in [2.05, 4.69) is 16.0 Å². The van der Waals surface area contributed by atoms with Crippen LogP contribution >= 0.6 is 11.6 Å². The highest BCUT2D eigenvalue weighted by Crippen LogP contribution is 2.22. The first-order chi connectivity index (χ1) is 10.2. The summed E-state index contributed by atoms with van der Waals surface area (Å²) >= 11 is 6.07. The molecule has 0 unspecified atom stereocenters. The SMILES string of the molecule is CNC(=O)c1ccc(Cl)c(NCCNC(=O)OC(C)(C)C)c1. The molecule has 22 heavy (non-hydrogen) atoms. The molecule has 0 aliphatic heterocycles. The second kappa shape index (κ2) is 7.89. The van der Waals surface area contributed by atoms with Crippen molar-refractivity contribution >= 4 is 29.3 Å². The Labute approximate surface area is 135 Å². The van der Waals surface area contributed by atoms with Crippen LogP contribution < -0.4 is 16.0 Å². The first-order valence-corrected chi connectivity index (χ1v) is 7.33. The molecular formula is C15H22ClN3O3. The van der Waals surface area contributed by atoms with Gasteiger partial charge >= 0.3 is 6.09 Å². The molecule has 0 aromatic heterocycles. The zero-order chi connectivity index (χ0) is 16.8. The second-order valence-electron chi connectivity index (χ2n) is 5.63. The summed E-state index contributed by atoms with van der Waals surface area (Å²) in [5, 5.41) is 8.75. The van der Waals surface area contributed by atoms with Crippen LogP contribution in [0.3, 0.4) is 0 Å². The van der Waals surface area contributed by atoms with Crippen LogP contribution in [-0.2, 0) is 4.74 Å². The molecule has 2 amide bonds. The van der Waals surface area contributed by atoms with E-state index in [1.54, 1.807) is 46.0 Å². The number of hydrogen-bond donors (Lipinski definition) is 3. The number of hydrogen-bond acceptors (Lipinski definition) is 4. The van der Waals surface area contributed by atoms with Gasteiger partial charge in [-0.05, 0) is 39.0 Å². The summed E-state index contributed by atoms with van der Waals surface area (Å²) in [6.45, 7) is 6.23. The molecule has 0 spiro atoms. The van der Waals surface area contributed by atoms with Gasteiger partial charge in [-0.2, -0.15) is 0 Å². The molecule has 0 fully saturated rings. The van der Waals surface area contributed by atoms with Crippen LogP contribution in [0.15, 0.2) is 18.2 Å². The van der Waals surface area contributed by atoms with E-state index in [9.17, 15) is 9.59 Å². The Kier molecular flexibility index (Phi) is 6.49. The van der Waals surface area contributed by atoms with E-state index in [1.807, 2.05) is 0 Å². The van der Waals surface area contributed by atoms with E-state index < -0.39 is 11.7 Å². The average Bonchev–Trinajstić information content (AvgIpc) is 2.42. The van der Waals surface area contributed by atoms with Gasteiger partial charge in [0.05, 0.1) is 10.7 Å². The fourth-order valence-corrected chi connectivity index (χ4v) is 1.81. The largest absolute Gasteiger partial charge is 0.444 e. The van der Waals surface area contributed by atoms with Crippen molar-refractivity contribution in [3.05, 3.63) is 28.8 Å². The van der Waals surface area contributed by atoms with Gasteiger partial charge in [0.2, 0.25) is 0 Å². The molecule has 0 aliphatic carbocycles. The number of amides is 2. The topological polar surface area (TPSA) is 79.5 Å². The number of carbonyl (C=O) groups excluding carboxylic acids is 2. The van der Waals surface area contributed by atoms with Crippen molar-refractivity contribution in [2.24, 2.45) is 0 Å². The standard InChI is InChI=1S/C15H22ClN3O3/c1-15(2,3)22-14(21)19-8-7-18-12-9-10(13(20)17-4)5-6-11(12)16/h5-6,9,18H,7-8H2,1-4H3,(H,17,20)(H,19,21). The number of rotatable bonds is 5. The quantitative estimate of drug-likeness (QED) is 0.726. The lowest BCUT2D eigenvalue weighted by atomic mass is 10.2. The smallest absolute Gasteiger partial charge is 0.407 e. The van der Waals surface area contributed by atoms with Gasteiger partial charge in [-0.15, -0.1) is 0 Å². The lowest BCUT2D eigenvalue weighted by Crippen LogP contribution is -2.35. The molecule has 0 bridgehead atoms. The molecule has 0 saturated carbocycles. The third kappa shape index (κ3) is 6.22. The maximum atomic E-state index is 11.6. The molecule has 1 rings (SSSR count). The Morgan fingerprint density at radius 3 is 2.50 bits per heavy atom. The van der Waals surface area contributed by atoms with Gasteiger partial charge in [0.25, 0.3) is 5.91 Å². The van der Waals surface area contributed by atoms with Crippen molar-refractivity contribution < 1.29 is 14.3 Å². The highest BCUT2D eigenvalue weighted by atomic mass is 35.5. The molecule has 1 aromatic carbocycles. The van der Waals surface area contributed by atoms with Gasteiger partial charge in [0.1, 0.15) is 5.60 Å². The van der Waals surface area contributed by atoms with E-state index in [4.69, 9.17) is 16.3 Å². The molecule has 0 atom stereocenters. The van der Waals surface area contributed by atoms with E-state index in [-0.39, 0.29) is 5.91 Å². The van der Waals surface area contributed by atoms with Crippen LogP contribution in [0.5, 0.6) is 0 Å². The first kappa shape index (κ1) is 18.1. The van der Waals surface area contributed by atoms with E-state index in [0.717, 1.165) is 0 Å². The predicted octanol–water partition coefficient (Wildman–Crippen LogP) is 2.64. The highest BCUT2D eigenvalue weighted by Gasteiger charge is 2.15. The molecule has 7 heteroatoms. The van der Waals surface area contributed by atoms with Crippen LogP contribution in [0.25, 0.3) is 0 Å². The highest BCUT2D eigenvalue weighted by molar-refractivity contribution is 6.33.